The fourth-order valence-electron chi connectivity index (χ4n) is 3.20. The first-order chi connectivity index (χ1) is 10.2. The molecule has 0 amide bonds. The fraction of sp³-hybridized carbons (Fsp3) is 0.625. The van der Waals surface area contributed by atoms with Crippen LogP contribution >= 0.6 is 0 Å². The number of imidazole rings is 1. The van der Waals surface area contributed by atoms with Crippen LogP contribution < -0.4 is 5.32 Å². The minimum Gasteiger partial charge on any atom is -0.330 e. The molecule has 1 N–H and O–H groups in total. The van der Waals surface area contributed by atoms with Crippen LogP contribution in [-0.4, -0.2) is 32.4 Å². The Morgan fingerprint density at radius 1 is 1.38 bits per heavy atom. The Kier molecular flexibility index (Phi) is 4.10. The van der Waals surface area contributed by atoms with E-state index in [9.17, 15) is 0 Å². The van der Waals surface area contributed by atoms with Crippen molar-refractivity contribution in [3.05, 3.63) is 24.9 Å². The lowest BCUT2D eigenvalue weighted by Crippen LogP contribution is -2.40. The second-order valence-corrected chi connectivity index (χ2v) is 6.49. The summed E-state index contributed by atoms with van der Waals surface area (Å²) in [7, 11) is 0. The van der Waals surface area contributed by atoms with Crippen molar-refractivity contribution in [1.29, 1.82) is 0 Å². The lowest BCUT2D eigenvalue weighted by Gasteiger charge is -2.34. The smallest absolute Gasteiger partial charge is 0.0951 e. The molecule has 1 unspecified atom stereocenters. The molecule has 0 radical (unpaired) electrons. The molecular formula is C16H25N5. The lowest BCUT2D eigenvalue weighted by atomic mass is 9.82. The summed E-state index contributed by atoms with van der Waals surface area (Å²) in [4.78, 5) is 4.36. The van der Waals surface area contributed by atoms with Crippen molar-refractivity contribution in [2.45, 2.75) is 46.2 Å². The second-order valence-electron chi connectivity index (χ2n) is 6.49. The molecule has 0 aliphatic carbocycles. The van der Waals surface area contributed by atoms with E-state index in [0.717, 1.165) is 38.2 Å². The van der Waals surface area contributed by atoms with Crippen molar-refractivity contribution in [3.63, 3.8) is 0 Å². The highest BCUT2D eigenvalue weighted by Gasteiger charge is 2.28. The first-order valence-electron chi connectivity index (χ1n) is 7.94. The number of hydrogen-bond acceptors (Lipinski definition) is 3. The maximum absolute atomic E-state index is 4.43. The van der Waals surface area contributed by atoms with Gasteiger partial charge in [-0.3, -0.25) is 4.68 Å². The molecule has 1 atom stereocenters. The molecule has 1 aliphatic heterocycles. The highest BCUT2D eigenvalue weighted by Crippen LogP contribution is 2.30. The van der Waals surface area contributed by atoms with Gasteiger partial charge in [0.1, 0.15) is 0 Å². The van der Waals surface area contributed by atoms with E-state index in [-0.39, 0.29) is 0 Å². The Balaban J connectivity index is 1.79. The van der Waals surface area contributed by atoms with Gasteiger partial charge in [-0.05, 0) is 31.2 Å². The summed E-state index contributed by atoms with van der Waals surface area (Å²) < 4.78 is 4.29. The highest BCUT2D eigenvalue weighted by atomic mass is 15.3. The molecule has 3 heterocycles. The molecule has 1 saturated heterocycles. The van der Waals surface area contributed by atoms with E-state index in [0.29, 0.717) is 5.41 Å². The zero-order chi connectivity index (χ0) is 14.7. The molecule has 3 rings (SSSR count). The summed E-state index contributed by atoms with van der Waals surface area (Å²) in [6, 6.07) is 0. The molecule has 1 fully saturated rings. The lowest BCUT2D eigenvalue weighted by molar-refractivity contribution is 0.202. The van der Waals surface area contributed by atoms with Gasteiger partial charge >= 0.3 is 0 Å². The van der Waals surface area contributed by atoms with E-state index in [1.807, 2.05) is 23.4 Å². The topological polar surface area (TPSA) is 47.7 Å². The standard InChI is InChI=1S/C16H25N5/c1-3-7-21-10-14(8-19-21)15-9-18-13-20(15)12-16(2)5-4-6-17-11-16/h8-10,13,17H,3-7,11-12H2,1-2H3. The van der Waals surface area contributed by atoms with Crippen molar-refractivity contribution < 1.29 is 0 Å². The van der Waals surface area contributed by atoms with Gasteiger partial charge in [-0.15, -0.1) is 0 Å². The Labute approximate surface area is 126 Å². The van der Waals surface area contributed by atoms with Gasteiger partial charge in [-0.25, -0.2) is 4.98 Å². The summed E-state index contributed by atoms with van der Waals surface area (Å²) in [5, 5.41) is 7.95. The largest absolute Gasteiger partial charge is 0.330 e. The molecule has 0 spiro atoms. The number of nitrogens with zero attached hydrogens (tertiary/aromatic N) is 4. The summed E-state index contributed by atoms with van der Waals surface area (Å²) >= 11 is 0. The number of nitrogens with one attached hydrogen (secondary N) is 1. The van der Waals surface area contributed by atoms with Gasteiger partial charge in [0.25, 0.3) is 0 Å². The maximum Gasteiger partial charge on any atom is 0.0951 e. The van der Waals surface area contributed by atoms with E-state index in [4.69, 9.17) is 0 Å². The first kappa shape index (κ1) is 14.3. The van der Waals surface area contributed by atoms with Gasteiger partial charge in [-0.1, -0.05) is 13.8 Å². The Bertz CT molecular complexity index is 577. The summed E-state index contributed by atoms with van der Waals surface area (Å²) in [6.45, 7) is 8.74. The molecule has 5 heteroatoms. The van der Waals surface area contributed by atoms with Crippen LogP contribution in [0.25, 0.3) is 11.3 Å². The number of hydrogen-bond donors (Lipinski definition) is 1. The van der Waals surface area contributed by atoms with Crippen molar-refractivity contribution in [1.82, 2.24) is 24.6 Å². The van der Waals surface area contributed by atoms with Crippen molar-refractivity contribution in [2.75, 3.05) is 13.1 Å². The van der Waals surface area contributed by atoms with Crippen LogP contribution in [0.4, 0.5) is 0 Å². The predicted octanol–water partition coefficient (Wildman–Crippen LogP) is 2.55. The molecule has 0 aromatic carbocycles. The van der Waals surface area contributed by atoms with Crippen LogP contribution in [0.1, 0.15) is 33.1 Å². The van der Waals surface area contributed by atoms with Gasteiger partial charge in [-0.2, -0.15) is 5.10 Å². The van der Waals surface area contributed by atoms with Crippen LogP contribution in [0.3, 0.4) is 0 Å². The van der Waals surface area contributed by atoms with Crippen LogP contribution in [-0.2, 0) is 13.1 Å². The van der Waals surface area contributed by atoms with Crippen molar-refractivity contribution in [2.24, 2.45) is 5.41 Å². The number of aryl methyl sites for hydroxylation is 1. The Morgan fingerprint density at radius 3 is 3.05 bits per heavy atom. The summed E-state index contributed by atoms with van der Waals surface area (Å²) in [5.41, 5.74) is 2.64. The third-order valence-corrected chi connectivity index (χ3v) is 4.33. The van der Waals surface area contributed by atoms with E-state index >= 15 is 0 Å². The predicted molar refractivity (Wildman–Crippen MR) is 83.9 cm³/mol. The number of piperidine rings is 1. The minimum atomic E-state index is 0.313. The quantitative estimate of drug-likeness (QED) is 0.919. The molecule has 0 saturated carbocycles. The first-order valence-corrected chi connectivity index (χ1v) is 7.94. The van der Waals surface area contributed by atoms with Gasteiger partial charge in [0.2, 0.25) is 0 Å². The Hall–Kier alpha value is -1.62. The van der Waals surface area contributed by atoms with Crippen LogP contribution in [0.2, 0.25) is 0 Å². The van der Waals surface area contributed by atoms with Crippen molar-refractivity contribution in [3.8, 4) is 11.3 Å². The molecular weight excluding hydrogens is 262 g/mol. The van der Waals surface area contributed by atoms with Gasteiger partial charge in [0, 0.05) is 31.4 Å². The molecule has 114 valence electrons. The van der Waals surface area contributed by atoms with Crippen LogP contribution in [0.5, 0.6) is 0 Å². The monoisotopic (exact) mass is 287 g/mol. The van der Waals surface area contributed by atoms with E-state index in [2.05, 4.69) is 40.0 Å². The minimum absolute atomic E-state index is 0.313. The van der Waals surface area contributed by atoms with Crippen LogP contribution in [0, 0.1) is 5.41 Å². The summed E-state index contributed by atoms with van der Waals surface area (Å²) in [6.07, 6.45) is 11.6. The normalized spacial score (nSPS) is 22.6. The highest BCUT2D eigenvalue weighted by molar-refractivity contribution is 5.56. The molecule has 2 aromatic heterocycles. The zero-order valence-corrected chi connectivity index (χ0v) is 13.0. The van der Waals surface area contributed by atoms with Gasteiger partial charge in [0.05, 0.1) is 24.4 Å². The third kappa shape index (κ3) is 3.18. The fourth-order valence-corrected chi connectivity index (χ4v) is 3.20. The summed E-state index contributed by atoms with van der Waals surface area (Å²) in [5.74, 6) is 0. The number of rotatable bonds is 5. The average Bonchev–Trinajstić information content (AvgIpc) is 3.08. The van der Waals surface area contributed by atoms with E-state index in [1.165, 1.54) is 18.5 Å². The Morgan fingerprint density at radius 2 is 2.29 bits per heavy atom. The third-order valence-electron chi connectivity index (χ3n) is 4.33. The molecule has 1 aliphatic rings. The number of aromatic nitrogens is 4. The van der Waals surface area contributed by atoms with Gasteiger partial charge in [0.15, 0.2) is 0 Å². The second kappa shape index (κ2) is 6.02. The maximum atomic E-state index is 4.43. The molecule has 2 aromatic rings. The van der Waals surface area contributed by atoms with E-state index in [1.54, 1.807) is 0 Å². The molecule has 21 heavy (non-hydrogen) atoms. The zero-order valence-electron chi connectivity index (χ0n) is 13.0. The van der Waals surface area contributed by atoms with E-state index < -0.39 is 0 Å². The molecule has 5 nitrogen and oxygen atoms in total. The van der Waals surface area contributed by atoms with Crippen LogP contribution in [0.15, 0.2) is 24.9 Å². The molecule has 0 bridgehead atoms. The SMILES string of the molecule is CCCn1cc(-c2cncn2CC2(C)CCCNC2)cn1. The van der Waals surface area contributed by atoms with Crippen molar-refractivity contribution >= 4 is 0 Å². The average molecular weight is 287 g/mol. The van der Waals surface area contributed by atoms with Gasteiger partial charge < -0.3 is 9.88 Å².